The van der Waals surface area contributed by atoms with Gasteiger partial charge in [-0.1, -0.05) is 29.8 Å². The molecule has 9 heteroatoms. The molecule has 4 aliphatic heterocycles. The molecule has 0 radical (unpaired) electrons. The molecule has 2 spiro atoms. The molecule has 1 N–H and O–H groups in total. The molecular formula is C31H36ClN3O5. The molecule has 2 aromatic rings. The molecule has 7 rings (SSSR count). The molecule has 0 unspecified atom stereocenters. The Kier molecular flexibility index (Phi) is 7.00. The summed E-state index contributed by atoms with van der Waals surface area (Å²) in [5.74, 6) is 0.424. The van der Waals surface area contributed by atoms with E-state index >= 15 is 0 Å². The van der Waals surface area contributed by atoms with Gasteiger partial charge in [0.05, 0.1) is 38.7 Å². The minimum absolute atomic E-state index is 0.0448. The number of rotatable bonds is 5. The Morgan fingerprint density at radius 3 is 2.45 bits per heavy atom. The molecule has 0 atom stereocenters. The molecule has 2 aromatic carbocycles. The zero-order valence-corrected chi connectivity index (χ0v) is 23.5. The van der Waals surface area contributed by atoms with Crippen LogP contribution in [0.4, 0.5) is 5.69 Å². The van der Waals surface area contributed by atoms with Gasteiger partial charge in [-0.3, -0.25) is 9.69 Å². The van der Waals surface area contributed by atoms with Crippen LogP contribution in [0.2, 0.25) is 5.02 Å². The molecule has 0 aromatic heterocycles. The van der Waals surface area contributed by atoms with Crippen LogP contribution in [0.25, 0.3) is 0 Å². The molecule has 0 bridgehead atoms. The second-order valence-corrected chi connectivity index (χ2v) is 12.1. The SMILES string of the molecule is O=C(NCc1ccc(Cl)cc1)C1=CN2CC3(CCC4(CC3)OCCO4)Oc3cc(CN4CCOCC4)cc(c32)C1. The Balaban J connectivity index is 1.16. The number of amides is 1. The first-order chi connectivity index (χ1) is 19.5. The maximum absolute atomic E-state index is 13.4. The van der Waals surface area contributed by atoms with Crippen LogP contribution in [0.15, 0.2) is 48.2 Å². The highest BCUT2D eigenvalue weighted by Gasteiger charge is 2.50. The van der Waals surface area contributed by atoms with Gasteiger partial charge in [-0.15, -0.1) is 0 Å². The first-order valence-corrected chi connectivity index (χ1v) is 14.8. The van der Waals surface area contributed by atoms with Crippen molar-refractivity contribution < 1.29 is 23.7 Å². The fourth-order valence-corrected chi connectivity index (χ4v) is 6.88. The van der Waals surface area contributed by atoms with Crippen LogP contribution in [-0.4, -0.2) is 68.3 Å². The van der Waals surface area contributed by atoms with Gasteiger partial charge in [0.2, 0.25) is 5.91 Å². The van der Waals surface area contributed by atoms with Gasteiger partial charge in [0.15, 0.2) is 5.79 Å². The van der Waals surface area contributed by atoms with Crippen molar-refractivity contribution in [3.8, 4) is 5.75 Å². The number of anilines is 1. The summed E-state index contributed by atoms with van der Waals surface area (Å²) in [6.07, 6.45) is 5.93. The fraction of sp³-hybridized carbons (Fsp3) is 0.516. The highest BCUT2D eigenvalue weighted by atomic mass is 35.5. The topological polar surface area (TPSA) is 72.5 Å². The molecule has 40 heavy (non-hydrogen) atoms. The third-order valence-corrected chi connectivity index (χ3v) is 9.13. The Labute approximate surface area is 240 Å². The lowest BCUT2D eigenvalue weighted by Gasteiger charge is -2.50. The highest BCUT2D eigenvalue weighted by Crippen LogP contribution is 2.50. The van der Waals surface area contributed by atoms with E-state index < -0.39 is 5.79 Å². The molecule has 1 saturated carbocycles. The van der Waals surface area contributed by atoms with Crippen molar-refractivity contribution in [1.29, 1.82) is 0 Å². The van der Waals surface area contributed by atoms with E-state index in [-0.39, 0.29) is 11.5 Å². The lowest BCUT2D eigenvalue weighted by atomic mass is 9.79. The van der Waals surface area contributed by atoms with Crippen molar-refractivity contribution in [2.24, 2.45) is 0 Å². The first kappa shape index (κ1) is 26.3. The van der Waals surface area contributed by atoms with Crippen molar-refractivity contribution in [2.45, 2.75) is 56.6 Å². The predicted octanol–water partition coefficient (Wildman–Crippen LogP) is 4.18. The third-order valence-electron chi connectivity index (χ3n) is 8.88. The summed E-state index contributed by atoms with van der Waals surface area (Å²) in [6.45, 7) is 6.69. The van der Waals surface area contributed by atoms with E-state index in [9.17, 15) is 4.79 Å². The molecule has 3 fully saturated rings. The van der Waals surface area contributed by atoms with Crippen molar-refractivity contribution in [3.63, 3.8) is 0 Å². The van der Waals surface area contributed by atoms with Crippen molar-refractivity contribution >= 4 is 23.2 Å². The Bertz CT molecular complexity index is 1290. The quantitative estimate of drug-likeness (QED) is 0.583. The van der Waals surface area contributed by atoms with E-state index in [1.807, 2.05) is 30.5 Å². The maximum Gasteiger partial charge on any atom is 0.249 e. The summed E-state index contributed by atoms with van der Waals surface area (Å²) in [5, 5.41) is 3.80. The number of carbonyl (C=O) groups is 1. The van der Waals surface area contributed by atoms with Crippen LogP contribution in [-0.2, 0) is 38.5 Å². The fourth-order valence-electron chi connectivity index (χ4n) is 6.75. The number of hydrogen-bond donors (Lipinski definition) is 1. The number of carbonyl (C=O) groups excluding carboxylic acids is 1. The van der Waals surface area contributed by atoms with E-state index in [1.165, 1.54) is 5.56 Å². The molecule has 1 amide bonds. The number of halogens is 1. The Morgan fingerprint density at radius 1 is 0.950 bits per heavy atom. The molecular weight excluding hydrogens is 530 g/mol. The monoisotopic (exact) mass is 565 g/mol. The van der Waals surface area contributed by atoms with Gasteiger partial charge in [0, 0.05) is 62.2 Å². The zero-order chi connectivity index (χ0) is 27.2. The normalized spacial score (nSPS) is 23.0. The number of morpholine rings is 1. The van der Waals surface area contributed by atoms with Crippen LogP contribution < -0.4 is 15.0 Å². The minimum Gasteiger partial charge on any atom is -0.483 e. The van der Waals surface area contributed by atoms with Crippen molar-refractivity contribution in [1.82, 2.24) is 10.2 Å². The van der Waals surface area contributed by atoms with E-state index in [0.717, 1.165) is 86.7 Å². The predicted molar refractivity (Wildman–Crippen MR) is 151 cm³/mol. The minimum atomic E-state index is -0.456. The standard InChI is InChI=1S/C31H36ClN3O5/c32-26-3-1-22(2-4-26)18-33-29(36)25-17-24-15-23(19-34-9-11-37-12-10-34)16-27-28(24)35(20-25)21-30(40-27)5-7-31(8-6-30)38-13-14-39-31/h1-4,15-16,20H,5-14,17-19,21H2,(H,33,36). The van der Waals surface area contributed by atoms with E-state index in [0.29, 0.717) is 37.7 Å². The van der Waals surface area contributed by atoms with E-state index in [2.05, 4.69) is 27.2 Å². The Morgan fingerprint density at radius 2 is 1.70 bits per heavy atom. The molecule has 4 heterocycles. The van der Waals surface area contributed by atoms with Gasteiger partial charge < -0.3 is 29.2 Å². The third kappa shape index (κ3) is 5.23. The summed E-state index contributed by atoms with van der Waals surface area (Å²) in [4.78, 5) is 18.1. The van der Waals surface area contributed by atoms with Crippen molar-refractivity contribution in [3.05, 3.63) is 69.9 Å². The summed E-state index contributed by atoms with van der Waals surface area (Å²) in [7, 11) is 0. The highest BCUT2D eigenvalue weighted by molar-refractivity contribution is 6.30. The summed E-state index contributed by atoms with van der Waals surface area (Å²) in [6, 6.07) is 12.1. The lowest BCUT2D eigenvalue weighted by molar-refractivity contribution is -0.198. The number of hydrogen-bond acceptors (Lipinski definition) is 7. The van der Waals surface area contributed by atoms with E-state index in [4.69, 9.17) is 30.5 Å². The Hall–Kier alpha value is -2.62. The molecule has 8 nitrogen and oxygen atoms in total. The smallest absolute Gasteiger partial charge is 0.249 e. The average Bonchev–Trinajstić information content (AvgIpc) is 3.43. The van der Waals surface area contributed by atoms with Gasteiger partial charge in [0.1, 0.15) is 11.4 Å². The number of ether oxygens (including phenoxy) is 4. The van der Waals surface area contributed by atoms with Crippen LogP contribution in [0, 0.1) is 0 Å². The van der Waals surface area contributed by atoms with Gasteiger partial charge in [0.25, 0.3) is 0 Å². The van der Waals surface area contributed by atoms with Crippen LogP contribution >= 0.6 is 11.6 Å². The summed E-state index contributed by atoms with van der Waals surface area (Å²) < 4.78 is 24.5. The number of nitrogens with zero attached hydrogens (tertiary/aromatic N) is 2. The second-order valence-electron chi connectivity index (χ2n) is 11.7. The van der Waals surface area contributed by atoms with Gasteiger partial charge in [-0.2, -0.15) is 0 Å². The van der Waals surface area contributed by atoms with Gasteiger partial charge in [-0.05, 0) is 47.7 Å². The molecule has 5 aliphatic rings. The van der Waals surface area contributed by atoms with Crippen LogP contribution in [0.1, 0.15) is 42.4 Å². The van der Waals surface area contributed by atoms with Gasteiger partial charge in [-0.25, -0.2) is 0 Å². The second kappa shape index (κ2) is 10.7. The van der Waals surface area contributed by atoms with Crippen LogP contribution in [0.3, 0.4) is 0 Å². The molecule has 212 valence electrons. The summed E-state index contributed by atoms with van der Waals surface area (Å²) >= 11 is 6.03. The first-order valence-electron chi connectivity index (χ1n) is 14.4. The summed E-state index contributed by atoms with van der Waals surface area (Å²) in [5.41, 5.74) is 4.89. The average molecular weight is 566 g/mol. The zero-order valence-electron chi connectivity index (χ0n) is 22.8. The molecule has 1 aliphatic carbocycles. The maximum atomic E-state index is 13.4. The van der Waals surface area contributed by atoms with Crippen molar-refractivity contribution in [2.75, 3.05) is 51.0 Å². The number of nitrogens with one attached hydrogen (secondary N) is 1. The largest absolute Gasteiger partial charge is 0.483 e. The van der Waals surface area contributed by atoms with E-state index in [1.54, 1.807) is 0 Å². The lowest BCUT2D eigenvalue weighted by Crippen LogP contribution is -2.55. The van der Waals surface area contributed by atoms with Gasteiger partial charge >= 0.3 is 0 Å². The number of benzene rings is 2. The van der Waals surface area contributed by atoms with Crippen LogP contribution in [0.5, 0.6) is 5.75 Å². The molecule has 2 saturated heterocycles.